The van der Waals surface area contributed by atoms with Gasteiger partial charge in [0, 0.05) is 12.0 Å². The van der Waals surface area contributed by atoms with Gasteiger partial charge in [0.25, 0.3) is 0 Å². The molecule has 0 saturated carbocycles. The van der Waals surface area contributed by atoms with Crippen molar-refractivity contribution in [3.8, 4) is 17.2 Å². The molecular formula is C16H13ClO4. The van der Waals surface area contributed by atoms with Gasteiger partial charge in [-0.05, 0) is 41.5 Å². The Bertz CT molecular complexity index is 662. The summed E-state index contributed by atoms with van der Waals surface area (Å²) in [5, 5.41) is 18.5. The molecule has 2 N–H and O–H groups in total. The number of ether oxygens (including phenoxy) is 1. The van der Waals surface area contributed by atoms with Crippen molar-refractivity contribution in [2.45, 2.75) is 5.88 Å². The van der Waals surface area contributed by atoms with Gasteiger partial charge in [-0.2, -0.15) is 0 Å². The van der Waals surface area contributed by atoms with Gasteiger partial charge < -0.3 is 14.9 Å². The SMILES string of the molecule is O=C(/C=C/c1ccc(O)c(O)c1)Oc1ccc(CCl)cc1. The molecule has 0 heterocycles. The number of rotatable bonds is 4. The summed E-state index contributed by atoms with van der Waals surface area (Å²) >= 11 is 5.67. The molecule has 0 aliphatic heterocycles. The van der Waals surface area contributed by atoms with Gasteiger partial charge in [-0.25, -0.2) is 4.79 Å². The van der Waals surface area contributed by atoms with E-state index in [-0.39, 0.29) is 11.5 Å². The van der Waals surface area contributed by atoms with Crippen molar-refractivity contribution in [2.75, 3.05) is 0 Å². The van der Waals surface area contributed by atoms with E-state index in [9.17, 15) is 15.0 Å². The maximum atomic E-state index is 11.6. The van der Waals surface area contributed by atoms with Gasteiger partial charge in [-0.3, -0.25) is 0 Å². The summed E-state index contributed by atoms with van der Waals surface area (Å²) in [5.41, 5.74) is 1.51. The minimum Gasteiger partial charge on any atom is -0.504 e. The molecule has 0 aliphatic carbocycles. The van der Waals surface area contributed by atoms with E-state index in [0.29, 0.717) is 17.2 Å². The number of carbonyl (C=O) groups excluding carboxylic acids is 1. The van der Waals surface area contributed by atoms with Crippen molar-refractivity contribution in [3.05, 3.63) is 59.7 Å². The van der Waals surface area contributed by atoms with Gasteiger partial charge in [0.1, 0.15) is 5.75 Å². The quantitative estimate of drug-likeness (QED) is 0.298. The molecule has 0 unspecified atom stereocenters. The number of phenolic OH excluding ortho intramolecular Hbond substituents is 2. The van der Waals surface area contributed by atoms with Crippen molar-refractivity contribution in [1.82, 2.24) is 0 Å². The molecule has 4 nitrogen and oxygen atoms in total. The topological polar surface area (TPSA) is 66.8 Å². The standard InChI is InChI=1S/C16H13ClO4/c17-10-12-1-5-13(6-2-12)21-16(20)8-4-11-3-7-14(18)15(19)9-11/h1-9,18-19H,10H2/b8-4+. The highest BCUT2D eigenvalue weighted by molar-refractivity contribution is 6.17. The van der Waals surface area contributed by atoms with Crippen molar-refractivity contribution >= 4 is 23.6 Å². The monoisotopic (exact) mass is 304 g/mol. The average molecular weight is 305 g/mol. The van der Waals surface area contributed by atoms with Crippen molar-refractivity contribution < 1.29 is 19.7 Å². The summed E-state index contributed by atoms with van der Waals surface area (Å²) in [5.74, 6) is -0.178. The molecule has 0 aliphatic rings. The second-order valence-corrected chi connectivity index (χ2v) is 4.55. The van der Waals surface area contributed by atoms with Crippen LogP contribution in [0.5, 0.6) is 17.2 Å². The largest absolute Gasteiger partial charge is 0.504 e. The van der Waals surface area contributed by atoms with E-state index in [0.717, 1.165) is 5.56 Å². The van der Waals surface area contributed by atoms with E-state index in [2.05, 4.69) is 0 Å². The van der Waals surface area contributed by atoms with Crippen LogP contribution in [0.2, 0.25) is 0 Å². The molecule has 5 heteroatoms. The lowest BCUT2D eigenvalue weighted by molar-refractivity contribution is -0.128. The second kappa shape index (κ2) is 6.81. The maximum absolute atomic E-state index is 11.6. The smallest absolute Gasteiger partial charge is 0.336 e. The molecule has 21 heavy (non-hydrogen) atoms. The summed E-state index contributed by atoms with van der Waals surface area (Å²) in [6.45, 7) is 0. The lowest BCUT2D eigenvalue weighted by atomic mass is 10.2. The molecular weight excluding hydrogens is 292 g/mol. The summed E-state index contributed by atoms with van der Waals surface area (Å²) in [6.07, 6.45) is 2.72. The van der Waals surface area contributed by atoms with E-state index in [1.807, 2.05) is 0 Å². The molecule has 0 saturated heterocycles. The predicted molar refractivity (Wildman–Crippen MR) is 80.4 cm³/mol. The van der Waals surface area contributed by atoms with Crippen LogP contribution in [-0.2, 0) is 10.7 Å². The highest BCUT2D eigenvalue weighted by atomic mass is 35.5. The van der Waals surface area contributed by atoms with E-state index in [1.165, 1.54) is 24.3 Å². The third kappa shape index (κ3) is 4.26. The van der Waals surface area contributed by atoms with E-state index in [4.69, 9.17) is 16.3 Å². The van der Waals surface area contributed by atoms with Gasteiger partial charge in [0.15, 0.2) is 11.5 Å². The molecule has 0 aromatic heterocycles. The minimum atomic E-state index is -0.541. The van der Waals surface area contributed by atoms with Gasteiger partial charge in [-0.1, -0.05) is 18.2 Å². The zero-order valence-electron chi connectivity index (χ0n) is 11.0. The number of phenols is 2. The second-order valence-electron chi connectivity index (χ2n) is 4.28. The molecule has 0 amide bonds. The molecule has 0 fully saturated rings. The van der Waals surface area contributed by atoms with E-state index in [1.54, 1.807) is 30.3 Å². The first-order chi connectivity index (χ1) is 10.1. The Balaban J connectivity index is 1.99. The highest BCUT2D eigenvalue weighted by Crippen LogP contribution is 2.25. The van der Waals surface area contributed by atoms with Crippen LogP contribution in [-0.4, -0.2) is 16.2 Å². The molecule has 0 radical (unpaired) electrons. The predicted octanol–water partition coefficient (Wildman–Crippen LogP) is 3.46. The molecule has 0 bridgehead atoms. The van der Waals surface area contributed by atoms with Crippen LogP contribution in [0, 0.1) is 0 Å². The summed E-state index contributed by atoms with van der Waals surface area (Å²) in [7, 11) is 0. The molecule has 0 atom stereocenters. The highest BCUT2D eigenvalue weighted by Gasteiger charge is 2.02. The zero-order valence-corrected chi connectivity index (χ0v) is 11.7. The summed E-state index contributed by atoms with van der Waals surface area (Å²) in [6, 6.07) is 11.1. The van der Waals surface area contributed by atoms with Crippen LogP contribution in [0.15, 0.2) is 48.5 Å². The van der Waals surface area contributed by atoms with Crippen LogP contribution >= 0.6 is 11.6 Å². The van der Waals surface area contributed by atoms with E-state index < -0.39 is 5.97 Å². The first-order valence-electron chi connectivity index (χ1n) is 6.15. The lowest BCUT2D eigenvalue weighted by Crippen LogP contribution is -2.03. The molecule has 0 spiro atoms. The third-order valence-electron chi connectivity index (χ3n) is 2.71. The number of aromatic hydroxyl groups is 2. The van der Waals surface area contributed by atoms with Crippen LogP contribution in [0.25, 0.3) is 6.08 Å². The zero-order chi connectivity index (χ0) is 15.2. The number of hydrogen-bond acceptors (Lipinski definition) is 4. The lowest BCUT2D eigenvalue weighted by Gasteiger charge is -2.02. The average Bonchev–Trinajstić information content (AvgIpc) is 2.49. The van der Waals surface area contributed by atoms with Crippen LogP contribution in [0.1, 0.15) is 11.1 Å². The van der Waals surface area contributed by atoms with Crippen molar-refractivity contribution in [2.24, 2.45) is 0 Å². The maximum Gasteiger partial charge on any atom is 0.336 e. The first-order valence-corrected chi connectivity index (χ1v) is 6.69. The Labute approximate surface area is 126 Å². The molecule has 2 aromatic carbocycles. The Morgan fingerprint density at radius 1 is 1.10 bits per heavy atom. The summed E-state index contributed by atoms with van der Waals surface area (Å²) in [4.78, 5) is 11.6. The molecule has 108 valence electrons. The minimum absolute atomic E-state index is 0.214. The Morgan fingerprint density at radius 2 is 1.81 bits per heavy atom. The molecule has 2 aromatic rings. The number of esters is 1. The van der Waals surface area contributed by atoms with Crippen LogP contribution in [0.3, 0.4) is 0 Å². The number of alkyl halides is 1. The van der Waals surface area contributed by atoms with Crippen LogP contribution < -0.4 is 4.74 Å². The van der Waals surface area contributed by atoms with E-state index >= 15 is 0 Å². The number of halogens is 1. The van der Waals surface area contributed by atoms with Gasteiger partial charge in [0.2, 0.25) is 0 Å². The molecule has 2 rings (SSSR count). The Morgan fingerprint density at radius 3 is 2.43 bits per heavy atom. The van der Waals surface area contributed by atoms with Crippen LogP contribution in [0.4, 0.5) is 0 Å². The Kier molecular flexibility index (Phi) is 4.85. The van der Waals surface area contributed by atoms with Gasteiger partial charge >= 0.3 is 5.97 Å². The fourth-order valence-corrected chi connectivity index (χ4v) is 1.78. The fraction of sp³-hybridized carbons (Fsp3) is 0.0625. The number of hydrogen-bond donors (Lipinski definition) is 2. The Hall–Kier alpha value is -2.46. The summed E-state index contributed by atoms with van der Waals surface area (Å²) < 4.78 is 5.11. The van der Waals surface area contributed by atoms with Gasteiger partial charge in [-0.15, -0.1) is 11.6 Å². The first kappa shape index (κ1) is 14.9. The van der Waals surface area contributed by atoms with Crippen molar-refractivity contribution in [3.63, 3.8) is 0 Å². The number of carbonyl (C=O) groups is 1. The van der Waals surface area contributed by atoms with Crippen molar-refractivity contribution in [1.29, 1.82) is 0 Å². The number of benzene rings is 2. The normalized spacial score (nSPS) is 10.7. The van der Waals surface area contributed by atoms with Gasteiger partial charge in [0.05, 0.1) is 0 Å². The third-order valence-corrected chi connectivity index (χ3v) is 3.02. The fourth-order valence-electron chi connectivity index (χ4n) is 1.61.